The molecule has 90 valence electrons. The van der Waals surface area contributed by atoms with Crippen molar-refractivity contribution in [3.8, 4) is 0 Å². The SMILES string of the molecule is C/C(=C\CNc1ncnc2c1ncn2C)CO. The summed E-state index contributed by atoms with van der Waals surface area (Å²) in [6.07, 6.45) is 5.13. The van der Waals surface area contributed by atoms with Gasteiger partial charge in [0.15, 0.2) is 11.5 Å². The van der Waals surface area contributed by atoms with Crippen LogP contribution >= 0.6 is 0 Å². The minimum atomic E-state index is 0.0739. The highest BCUT2D eigenvalue weighted by Crippen LogP contribution is 2.15. The van der Waals surface area contributed by atoms with E-state index in [0.29, 0.717) is 12.4 Å². The Morgan fingerprint density at radius 1 is 1.47 bits per heavy atom. The molecule has 6 heteroatoms. The van der Waals surface area contributed by atoms with Crippen LogP contribution in [0.3, 0.4) is 0 Å². The Labute approximate surface area is 99.0 Å². The lowest BCUT2D eigenvalue weighted by Gasteiger charge is -2.03. The normalized spacial score (nSPS) is 12.1. The van der Waals surface area contributed by atoms with E-state index in [0.717, 1.165) is 16.7 Å². The van der Waals surface area contributed by atoms with Crippen LogP contribution in [0.2, 0.25) is 0 Å². The van der Waals surface area contributed by atoms with Crippen molar-refractivity contribution >= 4 is 17.0 Å². The number of hydrogen-bond donors (Lipinski definition) is 2. The van der Waals surface area contributed by atoms with Crippen LogP contribution in [0.4, 0.5) is 5.82 Å². The van der Waals surface area contributed by atoms with Crippen LogP contribution in [0.15, 0.2) is 24.3 Å². The summed E-state index contributed by atoms with van der Waals surface area (Å²) in [5.74, 6) is 0.706. The van der Waals surface area contributed by atoms with Gasteiger partial charge in [0.2, 0.25) is 0 Å². The zero-order valence-electron chi connectivity index (χ0n) is 9.88. The van der Waals surface area contributed by atoms with Crippen LogP contribution in [-0.2, 0) is 7.05 Å². The summed E-state index contributed by atoms with van der Waals surface area (Å²) < 4.78 is 1.84. The number of imidazole rings is 1. The molecular formula is C11H15N5O. The molecule has 0 aliphatic carbocycles. The van der Waals surface area contributed by atoms with Crippen molar-refractivity contribution in [3.05, 3.63) is 24.3 Å². The lowest BCUT2D eigenvalue weighted by molar-refractivity contribution is 0.331. The topological polar surface area (TPSA) is 75.9 Å². The second-order valence-corrected chi connectivity index (χ2v) is 3.84. The van der Waals surface area contributed by atoms with Gasteiger partial charge in [-0.3, -0.25) is 0 Å². The summed E-state index contributed by atoms with van der Waals surface area (Å²) >= 11 is 0. The van der Waals surface area contributed by atoms with Crippen molar-refractivity contribution in [3.63, 3.8) is 0 Å². The highest BCUT2D eigenvalue weighted by atomic mass is 16.3. The molecule has 17 heavy (non-hydrogen) atoms. The molecule has 0 aliphatic rings. The lowest BCUT2D eigenvalue weighted by atomic mass is 10.3. The molecule has 2 heterocycles. The summed E-state index contributed by atoms with van der Waals surface area (Å²) in [4.78, 5) is 12.5. The standard InChI is InChI=1S/C11H15N5O/c1-8(5-17)3-4-12-10-9-11(14-6-13-10)16(2)7-15-9/h3,6-7,17H,4-5H2,1-2H3,(H,12,13,14)/b8-3+. The Balaban J connectivity index is 2.19. The number of aromatic nitrogens is 4. The Morgan fingerprint density at radius 3 is 3.06 bits per heavy atom. The first-order valence-electron chi connectivity index (χ1n) is 5.34. The summed E-state index contributed by atoms with van der Waals surface area (Å²) in [6, 6.07) is 0. The van der Waals surface area contributed by atoms with E-state index in [1.165, 1.54) is 6.33 Å². The summed E-state index contributed by atoms with van der Waals surface area (Å²) in [7, 11) is 1.89. The largest absolute Gasteiger partial charge is 0.392 e. The number of fused-ring (bicyclic) bond motifs is 1. The fourth-order valence-corrected chi connectivity index (χ4v) is 1.46. The van der Waals surface area contributed by atoms with Gasteiger partial charge in [-0.05, 0) is 6.92 Å². The average Bonchev–Trinajstić information content (AvgIpc) is 2.72. The average molecular weight is 233 g/mol. The fraction of sp³-hybridized carbons (Fsp3) is 0.364. The van der Waals surface area contributed by atoms with E-state index in [4.69, 9.17) is 5.11 Å². The molecular weight excluding hydrogens is 218 g/mol. The fourth-order valence-electron chi connectivity index (χ4n) is 1.46. The van der Waals surface area contributed by atoms with Crippen LogP contribution in [0.1, 0.15) is 6.92 Å². The summed E-state index contributed by atoms with van der Waals surface area (Å²) in [5.41, 5.74) is 2.47. The van der Waals surface area contributed by atoms with Crippen molar-refractivity contribution in [2.24, 2.45) is 7.05 Å². The van der Waals surface area contributed by atoms with Gasteiger partial charge in [0.25, 0.3) is 0 Å². The second-order valence-electron chi connectivity index (χ2n) is 3.84. The number of nitrogens with zero attached hydrogens (tertiary/aromatic N) is 4. The van der Waals surface area contributed by atoms with Crippen molar-refractivity contribution < 1.29 is 5.11 Å². The summed E-state index contributed by atoms with van der Waals surface area (Å²) in [6.45, 7) is 2.55. The van der Waals surface area contributed by atoms with Gasteiger partial charge in [-0.25, -0.2) is 15.0 Å². The van der Waals surface area contributed by atoms with Crippen LogP contribution < -0.4 is 5.32 Å². The molecule has 0 atom stereocenters. The highest BCUT2D eigenvalue weighted by Gasteiger charge is 2.06. The van der Waals surface area contributed by atoms with Crippen LogP contribution in [-0.4, -0.2) is 37.8 Å². The Bertz CT molecular complexity index is 546. The zero-order valence-corrected chi connectivity index (χ0v) is 9.88. The van der Waals surface area contributed by atoms with Crippen molar-refractivity contribution in [2.75, 3.05) is 18.5 Å². The van der Waals surface area contributed by atoms with Gasteiger partial charge in [0.1, 0.15) is 11.8 Å². The molecule has 2 aromatic rings. The minimum Gasteiger partial charge on any atom is -0.392 e. The van der Waals surface area contributed by atoms with Gasteiger partial charge in [-0.2, -0.15) is 0 Å². The molecule has 2 aromatic heterocycles. The number of nitrogens with one attached hydrogen (secondary N) is 1. The Morgan fingerprint density at radius 2 is 2.29 bits per heavy atom. The van der Waals surface area contributed by atoms with E-state index in [-0.39, 0.29) is 6.61 Å². The maximum absolute atomic E-state index is 8.87. The first-order chi connectivity index (χ1) is 8.22. The van der Waals surface area contributed by atoms with Gasteiger partial charge in [0.05, 0.1) is 12.9 Å². The third-order valence-electron chi connectivity index (χ3n) is 2.47. The molecule has 0 radical (unpaired) electrons. The minimum absolute atomic E-state index is 0.0739. The maximum atomic E-state index is 8.87. The molecule has 0 bridgehead atoms. The number of anilines is 1. The predicted molar refractivity (Wildman–Crippen MR) is 65.6 cm³/mol. The lowest BCUT2D eigenvalue weighted by Crippen LogP contribution is -2.03. The first-order valence-corrected chi connectivity index (χ1v) is 5.34. The monoisotopic (exact) mass is 233 g/mol. The van der Waals surface area contributed by atoms with Gasteiger partial charge in [-0.15, -0.1) is 0 Å². The number of hydrogen-bond acceptors (Lipinski definition) is 5. The molecule has 6 nitrogen and oxygen atoms in total. The second kappa shape index (κ2) is 4.92. The number of rotatable bonds is 4. The van der Waals surface area contributed by atoms with Crippen LogP contribution in [0, 0.1) is 0 Å². The van der Waals surface area contributed by atoms with E-state index in [1.54, 1.807) is 6.33 Å². The van der Waals surface area contributed by atoms with Crippen molar-refractivity contribution in [1.29, 1.82) is 0 Å². The van der Waals surface area contributed by atoms with E-state index >= 15 is 0 Å². The molecule has 2 N–H and O–H groups in total. The smallest absolute Gasteiger partial charge is 0.165 e. The zero-order chi connectivity index (χ0) is 12.3. The molecule has 0 amide bonds. The van der Waals surface area contributed by atoms with E-state index < -0.39 is 0 Å². The van der Waals surface area contributed by atoms with Gasteiger partial charge in [0, 0.05) is 13.6 Å². The maximum Gasteiger partial charge on any atom is 0.165 e. The third-order valence-corrected chi connectivity index (χ3v) is 2.47. The summed E-state index contributed by atoms with van der Waals surface area (Å²) in [5, 5.41) is 12.0. The van der Waals surface area contributed by atoms with Gasteiger partial charge < -0.3 is 15.0 Å². The Kier molecular flexibility index (Phi) is 3.34. The predicted octanol–water partition coefficient (Wildman–Crippen LogP) is 0.714. The number of aliphatic hydroxyl groups is 1. The first kappa shape index (κ1) is 11.5. The molecule has 0 aromatic carbocycles. The van der Waals surface area contributed by atoms with Crippen LogP contribution in [0.25, 0.3) is 11.2 Å². The third kappa shape index (κ3) is 2.42. The molecule has 0 saturated heterocycles. The highest BCUT2D eigenvalue weighted by molar-refractivity contribution is 5.82. The van der Waals surface area contributed by atoms with Crippen molar-refractivity contribution in [1.82, 2.24) is 19.5 Å². The Hall–Kier alpha value is -1.95. The number of aliphatic hydroxyl groups excluding tert-OH is 1. The van der Waals surface area contributed by atoms with E-state index in [1.807, 2.05) is 24.6 Å². The molecule has 0 saturated carbocycles. The van der Waals surface area contributed by atoms with E-state index in [9.17, 15) is 0 Å². The molecule has 0 aliphatic heterocycles. The molecule has 2 rings (SSSR count). The molecule has 0 unspecified atom stereocenters. The van der Waals surface area contributed by atoms with Gasteiger partial charge in [-0.1, -0.05) is 11.6 Å². The molecule has 0 fully saturated rings. The van der Waals surface area contributed by atoms with Gasteiger partial charge >= 0.3 is 0 Å². The van der Waals surface area contributed by atoms with Crippen LogP contribution in [0.5, 0.6) is 0 Å². The molecule has 0 spiro atoms. The number of aryl methyl sites for hydroxylation is 1. The van der Waals surface area contributed by atoms with Crippen molar-refractivity contribution in [2.45, 2.75) is 6.92 Å². The van der Waals surface area contributed by atoms with E-state index in [2.05, 4.69) is 20.3 Å². The quantitative estimate of drug-likeness (QED) is 0.761.